The predicted octanol–water partition coefficient (Wildman–Crippen LogP) is 4.00. The molecule has 5 N–H and O–H groups in total. The minimum Gasteiger partial charge on any atom is -0.347 e. The Morgan fingerprint density at radius 1 is 1.12 bits per heavy atom. The number of alkyl halides is 3. The molecule has 174 valence electrons. The lowest BCUT2D eigenvalue weighted by Crippen LogP contribution is -2.45. The Morgan fingerprint density at radius 2 is 1.88 bits per heavy atom. The summed E-state index contributed by atoms with van der Waals surface area (Å²) in [5, 5.41) is 5.39. The van der Waals surface area contributed by atoms with E-state index in [4.69, 9.17) is 11.5 Å². The number of rotatable bonds is 7. The highest BCUT2D eigenvalue weighted by molar-refractivity contribution is 8.09. The molecule has 33 heavy (non-hydrogen) atoms. The molecule has 0 amide bonds. The van der Waals surface area contributed by atoms with Crippen molar-refractivity contribution in [2.45, 2.75) is 24.1 Å². The zero-order valence-corrected chi connectivity index (χ0v) is 19.0. The lowest BCUT2D eigenvalue weighted by atomic mass is 10.0. The van der Waals surface area contributed by atoms with Crippen molar-refractivity contribution >= 4 is 27.4 Å². The molecule has 0 radical (unpaired) electrons. The predicted molar refractivity (Wildman–Crippen MR) is 128 cm³/mol. The first-order chi connectivity index (χ1) is 15.8. The number of fused-ring (bicyclic) bond motifs is 1. The molecule has 1 aromatic heterocycles. The van der Waals surface area contributed by atoms with Gasteiger partial charge < -0.3 is 21.7 Å². The first kappa shape index (κ1) is 23.6. The van der Waals surface area contributed by atoms with Gasteiger partial charge in [-0.15, -0.1) is 0 Å². The molecule has 2 heterocycles. The Bertz CT molecular complexity index is 1150. The average Bonchev–Trinajstić information content (AvgIpc) is 3.08. The number of pyridine rings is 1. The number of aromatic nitrogens is 1. The van der Waals surface area contributed by atoms with Crippen LogP contribution in [0.15, 0.2) is 66.6 Å². The van der Waals surface area contributed by atoms with Crippen LogP contribution in [0, 0.1) is 0 Å². The minimum absolute atomic E-state index is 0.290. The number of nitrogens with two attached hydrogens (primary N) is 2. The number of thioether (sulfide) groups is 1. The first-order valence-electron chi connectivity index (χ1n) is 10.6. The number of hydrogen-bond acceptors (Lipinski definition) is 6. The van der Waals surface area contributed by atoms with Crippen molar-refractivity contribution in [3.8, 4) is 0 Å². The monoisotopic (exact) mass is 473 g/mol. The molecule has 0 bridgehead atoms. The van der Waals surface area contributed by atoms with Gasteiger partial charge in [-0.05, 0) is 54.2 Å². The van der Waals surface area contributed by atoms with Gasteiger partial charge in [0.1, 0.15) is 5.50 Å². The van der Waals surface area contributed by atoms with Crippen LogP contribution in [-0.4, -0.2) is 41.6 Å². The van der Waals surface area contributed by atoms with E-state index in [0.717, 1.165) is 44.6 Å². The van der Waals surface area contributed by atoms with Gasteiger partial charge in [0, 0.05) is 47.5 Å². The molecule has 1 aliphatic rings. The summed E-state index contributed by atoms with van der Waals surface area (Å²) >= 11 is 1.58. The van der Waals surface area contributed by atoms with Crippen LogP contribution in [0.25, 0.3) is 15.7 Å². The molecule has 0 aliphatic carbocycles. The summed E-state index contributed by atoms with van der Waals surface area (Å²) in [6.45, 7) is 1.12. The zero-order valence-electron chi connectivity index (χ0n) is 18.1. The summed E-state index contributed by atoms with van der Waals surface area (Å²) in [6, 6.07) is 13.1. The quantitative estimate of drug-likeness (QED) is 0.481. The van der Waals surface area contributed by atoms with Gasteiger partial charge in [-0.1, -0.05) is 36.0 Å². The molecule has 3 aromatic rings. The van der Waals surface area contributed by atoms with Crippen molar-refractivity contribution in [3.05, 3.63) is 83.3 Å². The highest BCUT2D eigenvalue weighted by Gasteiger charge is 2.32. The van der Waals surface area contributed by atoms with Crippen LogP contribution in [-0.2, 0) is 12.6 Å². The standard InChI is InChI=1S/C24H26F3N5S/c1-30-13-21-22(17-4-5-18-12-31-9-8-16(18)11-17)33-23(29)32(21)14-20(28)10-15-2-6-19(7-3-15)24(25,26)27/h2-9,11-12,20,23,30H,10,13-14,28-29H2,1H3/t20-,23?/m1/s1. The molecular formula is C24H26F3N5S. The lowest BCUT2D eigenvalue weighted by Gasteiger charge is -2.29. The van der Waals surface area contributed by atoms with Gasteiger partial charge in [0.25, 0.3) is 0 Å². The Morgan fingerprint density at radius 3 is 2.58 bits per heavy atom. The molecule has 9 heteroatoms. The van der Waals surface area contributed by atoms with Crippen LogP contribution in [0.2, 0.25) is 0 Å². The molecule has 0 saturated carbocycles. The second-order valence-electron chi connectivity index (χ2n) is 8.06. The fraction of sp³-hybridized carbons (Fsp3) is 0.292. The average molecular weight is 474 g/mol. The van der Waals surface area contributed by atoms with E-state index in [1.165, 1.54) is 12.1 Å². The molecule has 5 nitrogen and oxygen atoms in total. The fourth-order valence-corrected chi connectivity index (χ4v) is 5.18. The molecule has 2 aromatic carbocycles. The highest BCUT2D eigenvalue weighted by atomic mass is 32.2. The molecule has 0 spiro atoms. The maximum atomic E-state index is 12.8. The zero-order chi connectivity index (χ0) is 23.6. The molecule has 1 unspecified atom stereocenters. The molecular weight excluding hydrogens is 447 g/mol. The summed E-state index contributed by atoms with van der Waals surface area (Å²) in [6.07, 6.45) is -0.281. The Kier molecular flexibility index (Phi) is 6.94. The highest BCUT2D eigenvalue weighted by Crippen LogP contribution is 2.42. The van der Waals surface area contributed by atoms with Crippen LogP contribution in [0.5, 0.6) is 0 Å². The van der Waals surface area contributed by atoms with E-state index < -0.39 is 11.7 Å². The summed E-state index contributed by atoms with van der Waals surface area (Å²) in [7, 11) is 1.88. The van der Waals surface area contributed by atoms with Crippen LogP contribution >= 0.6 is 11.8 Å². The summed E-state index contributed by atoms with van der Waals surface area (Å²) < 4.78 is 38.4. The van der Waals surface area contributed by atoms with Gasteiger partial charge in [0.05, 0.1) is 5.56 Å². The maximum Gasteiger partial charge on any atom is 0.416 e. The first-order valence-corrected chi connectivity index (χ1v) is 11.5. The third-order valence-corrected chi connectivity index (χ3v) is 6.81. The SMILES string of the molecule is CNCC1=C(c2ccc3cnccc3c2)SC(N)N1C[C@H](N)Cc1ccc(C(F)(F)F)cc1. The Balaban J connectivity index is 1.53. The van der Waals surface area contributed by atoms with Crippen LogP contribution in [0.3, 0.4) is 0 Å². The van der Waals surface area contributed by atoms with Crippen molar-refractivity contribution < 1.29 is 13.2 Å². The van der Waals surface area contributed by atoms with Gasteiger partial charge in [-0.25, -0.2) is 0 Å². The molecule has 1 aliphatic heterocycles. The van der Waals surface area contributed by atoms with Crippen molar-refractivity contribution in [2.75, 3.05) is 20.1 Å². The number of nitrogens with zero attached hydrogens (tertiary/aromatic N) is 2. The van der Waals surface area contributed by atoms with Crippen molar-refractivity contribution in [3.63, 3.8) is 0 Å². The van der Waals surface area contributed by atoms with Crippen LogP contribution in [0.4, 0.5) is 13.2 Å². The Hall–Kier alpha value is -2.59. The van der Waals surface area contributed by atoms with E-state index in [1.807, 2.05) is 25.4 Å². The largest absolute Gasteiger partial charge is 0.416 e. The van der Waals surface area contributed by atoms with Gasteiger partial charge in [-0.3, -0.25) is 4.98 Å². The number of likely N-dealkylation sites (N-methyl/N-ethyl adjacent to an activating group) is 1. The van der Waals surface area contributed by atoms with E-state index in [-0.39, 0.29) is 11.5 Å². The van der Waals surface area contributed by atoms with Gasteiger partial charge in [0.15, 0.2) is 0 Å². The van der Waals surface area contributed by atoms with Gasteiger partial charge in [-0.2, -0.15) is 13.2 Å². The smallest absolute Gasteiger partial charge is 0.347 e. The number of nitrogens with one attached hydrogen (secondary N) is 1. The van der Waals surface area contributed by atoms with Gasteiger partial charge in [0.2, 0.25) is 0 Å². The maximum absolute atomic E-state index is 12.8. The topological polar surface area (TPSA) is 80.2 Å². The number of halogens is 3. The van der Waals surface area contributed by atoms with E-state index in [2.05, 4.69) is 27.3 Å². The number of benzene rings is 2. The minimum atomic E-state index is -4.34. The summed E-state index contributed by atoms with van der Waals surface area (Å²) in [5.41, 5.74) is 14.8. The van der Waals surface area contributed by atoms with Crippen LogP contribution < -0.4 is 16.8 Å². The summed E-state index contributed by atoms with van der Waals surface area (Å²) in [5.74, 6) is 0. The number of hydrogen-bond donors (Lipinski definition) is 3. The van der Waals surface area contributed by atoms with Crippen molar-refractivity contribution in [1.29, 1.82) is 0 Å². The normalized spacial score (nSPS) is 17.8. The second kappa shape index (κ2) is 9.72. The third-order valence-electron chi connectivity index (χ3n) is 5.61. The lowest BCUT2D eigenvalue weighted by molar-refractivity contribution is -0.137. The van der Waals surface area contributed by atoms with Crippen molar-refractivity contribution in [1.82, 2.24) is 15.2 Å². The van der Waals surface area contributed by atoms with Crippen molar-refractivity contribution in [2.24, 2.45) is 11.5 Å². The van der Waals surface area contributed by atoms with E-state index in [0.29, 0.717) is 19.5 Å². The molecule has 2 atom stereocenters. The Labute approximate surface area is 195 Å². The van der Waals surface area contributed by atoms with E-state index >= 15 is 0 Å². The molecule has 4 rings (SSSR count). The summed E-state index contributed by atoms with van der Waals surface area (Å²) in [4.78, 5) is 7.35. The molecule has 0 fully saturated rings. The fourth-order valence-electron chi connectivity index (χ4n) is 4.01. The van der Waals surface area contributed by atoms with Gasteiger partial charge >= 0.3 is 6.18 Å². The van der Waals surface area contributed by atoms with Crippen LogP contribution in [0.1, 0.15) is 16.7 Å². The molecule has 0 saturated heterocycles. The second-order valence-corrected chi connectivity index (χ2v) is 9.19. The van der Waals surface area contributed by atoms with E-state index in [1.54, 1.807) is 18.0 Å². The van der Waals surface area contributed by atoms with E-state index in [9.17, 15) is 13.2 Å². The third kappa shape index (κ3) is 5.33.